The molecular formula is C8H12N2O5S2. The fourth-order valence-corrected chi connectivity index (χ4v) is 3.71. The predicted molar refractivity (Wildman–Crippen MR) is 61.5 cm³/mol. The number of methoxy groups -OCH3 is 1. The number of likely N-dealkylation sites (N-methyl/N-ethyl adjacent to an activating group) is 1. The lowest BCUT2D eigenvalue weighted by Gasteiger charge is -2.14. The van der Waals surface area contributed by atoms with Gasteiger partial charge in [0.2, 0.25) is 0 Å². The summed E-state index contributed by atoms with van der Waals surface area (Å²) in [6.07, 6.45) is 0. The second-order valence-corrected chi connectivity index (χ2v) is 6.49. The molecule has 0 aliphatic heterocycles. The van der Waals surface area contributed by atoms with Crippen molar-refractivity contribution in [1.29, 1.82) is 0 Å². The first kappa shape index (κ1) is 13.9. The second kappa shape index (κ2) is 4.98. The Bertz CT molecular complexity index is 571. The number of carbonyl (C=O) groups excluding carboxylic acids is 1. The molecule has 1 aromatic heterocycles. The largest absolute Gasteiger partial charge is 0.468 e. The minimum Gasteiger partial charge on any atom is -0.468 e. The standard InChI is InChI=1S/C8H12N2O5S2/c1-5-7(16-8(12)9-5)17(13,14)10(2)4-6(11)15-3/h4H2,1-3H3,(H,9,12). The molecule has 1 rings (SSSR count). The van der Waals surface area contributed by atoms with Crippen molar-refractivity contribution in [3.63, 3.8) is 0 Å². The lowest BCUT2D eigenvalue weighted by Crippen LogP contribution is -2.32. The lowest BCUT2D eigenvalue weighted by atomic mass is 10.6. The van der Waals surface area contributed by atoms with Crippen molar-refractivity contribution < 1.29 is 17.9 Å². The number of ether oxygens (including phenoxy) is 1. The smallest absolute Gasteiger partial charge is 0.321 e. The van der Waals surface area contributed by atoms with Crippen LogP contribution in [0.1, 0.15) is 5.69 Å². The van der Waals surface area contributed by atoms with Gasteiger partial charge < -0.3 is 9.72 Å². The van der Waals surface area contributed by atoms with Crippen LogP contribution in [0.4, 0.5) is 0 Å². The van der Waals surface area contributed by atoms with Crippen molar-refractivity contribution in [3.05, 3.63) is 15.4 Å². The zero-order valence-electron chi connectivity index (χ0n) is 9.51. The summed E-state index contributed by atoms with van der Waals surface area (Å²) in [7, 11) is -1.42. The van der Waals surface area contributed by atoms with Crippen LogP contribution in [0.25, 0.3) is 0 Å². The summed E-state index contributed by atoms with van der Waals surface area (Å²) in [5.74, 6) is -0.670. The van der Waals surface area contributed by atoms with Crippen molar-refractivity contribution in [2.24, 2.45) is 0 Å². The summed E-state index contributed by atoms with van der Waals surface area (Å²) < 4.78 is 29.1. The van der Waals surface area contributed by atoms with Crippen LogP contribution in [0.2, 0.25) is 0 Å². The van der Waals surface area contributed by atoms with Crippen molar-refractivity contribution in [2.45, 2.75) is 11.1 Å². The molecule has 1 heterocycles. The Labute approximate surface area is 102 Å². The Morgan fingerprint density at radius 2 is 2.12 bits per heavy atom. The van der Waals surface area contributed by atoms with E-state index in [9.17, 15) is 18.0 Å². The van der Waals surface area contributed by atoms with Crippen molar-refractivity contribution >= 4 is 27.3 Å². The van der Waals surface area contributed by atoms with Gasteiger partial charge in [-0.1, -0.05) is 11.3 Å². The minimum absolute atomic E-state index is 0.0890. The molecule has 0 radical (unpaired) electrons. The highest BCUT2D eigenvalue weighted by atomic mass is 32.2. The summed E-state index contributed by atoms with van der Waals surface area (Å²) in [5, 5.41) is 0. The van der Waals surface area contributed by atoms with Gasteiger partial charge >= 0.3 is 10.8 Å². The van der Waals surface area contributed by atoms with Gasteiger partial charge in [-0.25, -0.2) is 8.42 Å². The average molecular weight is 280 g/mol. The minimum atomic E-state index is -3.83. The third kappa shape index (κ3) is 2.93. The Kier molecular flexibility index (Phi) is 4.07. The van der Waals surface area contributed by atoms with Gasteiger partial charge in [-0.05, 0) is 6.92 Å². The lowest BCUT2D eigenvalue weighted by molar-refractivity contribution is -0.140. The van der Waals surface area contributed by atoms with Gasteiger partial charge in [0, 0.05) is 12.7 Å². The second-order valence-electron chi connectivity index (χ2n) is 3.26. The molecule has 0 unspecified atom stereocenters. The molecule has 1 N–H and O–H groups in total. The van der Waals surface area contributed by atoms with Crippen molar-refractivity contribution in [3.8, 4) is 0 Å². The summed E-state index contributed by atoms with van der Waals surface area (Å²) in [5.41, 5.74) is 0.261. The summed E-state index contributed by atoms with van der Waals surface area (Å²) in [6.45, 7) is 1.08. The first-order chi connectivity index (χ1) is 7.78. The number of aromatic amines is 1. The molecule has 0 aliphatic carbocycles. The summed E-state index contributed by atoms with van der Waals surface area (Å²) >= 11 is 0.591. The zero-order valence-corrected chi connectivity index (χ0v) is 11.1. The van der Waals surface area contributed by atoms with Gasteiger partial charge in [-0.3, -0.25) is 9.59 Å². The van der Waals surface area contributed by atoms with Crippen molar-refractivity contribution in [1.82, 2.24) is 9.29 Å². The van der Waals surface area contributed by atoms with E-state index in [0.29, 0.717) is 11.3 Å². The SMILES string of the molecule is COC(=O)CN(C)S(=O)(=O)c1sc(=O)[nH]c1C. The fraction of sp³-hybridized carbons (Fsp3) is 0.500. The molecule has 0 atom stereocenters. The summed E-state index contributed by atoms with van der Waals surface area (Å²) in [6, 6.07) is 0. The predicted octanol–water partition coefficient (Wildman–Crippen LogP) is -0.462. The number of esters is 1. The molecule has 7 nitrogen and oxygen atoms in total. The van der Waals surface area contributed by atoms with Gasteiger partial charge in [0.25, 0.3) is 10.0 Å². The number of aryl methyl sites for hydroxylation is 1. The van der Waals surface area contributed by atoms with Crippen LogP contribution in [-0.2, 0) is 19.6 Å². The number of rotatable bonds is 4. The third-order valence-corrected chi connectivity index (χ3v) is 5.39. The number of nitrogens with zero attached hydrogens (tertiary/aromatic N) is 1. The van der Waals surface area contributed by atoms with E-state index in [2.05, 4.69) is 9.72 Å². The molecule has 0 saturated carbocycles. The van der Waals surface area contributed by atoms with Crippen LogP contribution >= 0.6 is 11.3 Å². The molecule has 0 fully saturated rings. The Hall–Kier alpha value is -1.19. The molecule has 0 aliphatic rings. The number of thiazole rings is 1. The molecule has 0 amide bonds. The Balaban J connectivity index is 3.07. The van der Waals surface area contributed by atoms with E-state index in [1.54, 1.807) is 0 Å². The van der Waals surface area contributed by atoms with E-state index in [1.165, 1.54) is 21.1 Å². The van der Waals surface area contributed by atoms with E-state index in [0.717, 1.165) is 4.31 Å². The molecule has 9 heteroatoms. The van der Waals surface area contributed by atoms with Gasteiger partial charge in [0.05, 0.1) is 7.11 Å². The van der Waals surface area contributed by atoms with E-state index < -0.39 is 27.4 Å². The highest BCUT2D eigenvalue weighted by Crippen LogP contribution is 2.19. The van der Waals surface area contributed by atoms with E-state index >= 15 is 0 Å². The topological polar surface area (TPSA) is 96.5 Å². The monoisotopic (exact) mass is 280 g/mol. The molecule has 96 valence electrons. The molecule has 1 aromatic rings. The number of nitrogens with one attached hydrogen (secondary N) is 1. The number of hydrogen-bond donors (Lipinski definition) is 1. The van der Waals surface area contributed by atoms with Crippen LogP contribution in [0.3, 0.4) is 0 Å². The van der Waals surface area contributed by atoms with Crippen LogP contribution in [0, 0.1) is 6.92 Å². The number of hydrogen-bond acceptors (Lipinski definition) is 6. The van der Waals surface area contributed by atoms with Gasteiger partial charge in [0.1, 0.15) is 6.54 Å². The maximum atomic E-state index is 12.0. The van der Waals surface area contributed by atoms with E-state index in [-0.39, 0.29) is 9.90 Å². The van der Waals surface area contributed by atoms with Crippen LogP contribution in [0.15, 0.2) is 9.00 Å². The van der Waals surface area contributed by atoms with Gasteiger partial charge in [-0.15, -0.1) is 0 Å². The Morgan fingerprint density at radius 1 is 1.53 bits per heavy atom. The molecule has 0 spiro atoms. The Morgan fingerprint density at radius 3 is 2.53 bits per heavy atom. The number of aromatic nitrogens is 1. The molecular weight excluding hydrogens is 268 g/mol. The van der Waals surface area contributed by atoms with E-state index in [4.69, 9.17) is 0 Å². The number of H-pyrrole nitrogens is 1. The normalized spacial score (nSPS) is 11.8. The highest BCUT2D eigenvalue weighted by molar-refractivity contribution is 7.91. The number of sulfonamides is 1. The first-order valence-electron chi connectivity index (χ1n) is 4.52. The molecule has 17 heavy (non-hydrogen) atoms. The maximum absolute atomic E-state index is 12.0. The van der Waals surface area contributed by atoms with E-state index in [1.807, 2.05) is 0 Å². The first-order valence-corrected chi connectivity index (χ1v) is 6.77. The molecule has 0 bridgehead atoms. The van der Waals surface area contributed by atoms with Gasteiger partial charge in [0.15, 0.2) is 4.21 Å². The van der Waals surface area contributed by atoms with Crippen LogP contribution < -0.4 is 4.87 Å². The molecule has 0 aromatic carbocycles. The maximum Gasteiger partial charge on any atom is 0.321 e. The van der Waals surface area contributed by atoms with Crippen LogP contribution in [-0.4, -0.2) is 44.4 Å². The average Bonchev–Trinajstić information content (AvgIpc) is 2.58. The summed E-state index contributed by atoms with van der Waals surface area (Å²) in [4.78, 5) is 24.0. The molecule has 0 saturated heterocycles. The zero-order chi connectivity index (χ0) is 13.2. The number of carbonyl (C=O) groups is 1. The third-order valence-electron chi connectivity index (χ3n) is 2.01. The quantitative estimate of drug-likeness (QED) is 0.753. The van der Waals surface area contributed by atoms with Crippen molar-refractivity contribution in [2.75, 3.05) is 20.7 Å². The van der Waals surface area contributed by atoms with Crippen LogP contribution in [0.5, 0.6) is 0 Å². The fourth-order valence-electron chi connectivity index (χ4n) is 1.11. The highest BCUT2D eigenvalue weighted by Gasteiger charge is 2.27. The van der Waals surface area contributed by atoms with Gasteiger partial charge in [-0.2, -0.15) is 4.31 Å².